The zero-order valence-electron chi connectivity index (χ0n) is 8.80. The van der Waals surface area contributed by atoms with Crippen molar-refractivity contribution in [3.8, 4) is 5.88 Å². The van der Waals surface area contributed by atoms with Crippen molar-refractivity contribution in [1.29, 1.82) is 0 Å². The van der Waals surface area contributed by atoms with Gasteiger partial charge in [0, 0.05) is 6.07 Å². The zero-order valence-corrected chi connectivity index (χ0v) is 8.80. The Morgan fingerprint density at radius 3 is 2.17 bits per heavy atom. The number of rotatable bonds is 2. The van der Waals surface area contributed by atoms with Gasteiger partial charge in [0.05, 0.1) is 0 Å². The highest BCUT2D eigenvalue weighted by Crippen LogP contribution is 2.31. The van der Waals surface area contributed by atoms with Gasteiger partial charge in [-0.1, -0.05) is 0 Å². The fourth-order valence-electron chi connectivity index (χ4n) is 0.896. The van der Waals surface area contributed by atoms with Crippen molar-refractivity contribution in [3.63, 3.8) is 0 Å². The van der Waals surface area contributed by atoms with Crippen molar-refractivity contribution in [1.82, 2.24) is 9.97 Å². The molecule has 1 rings (SSSR count). The van der Waals surface area contributed by atoms with Gasteiger partial charge in [-0.3, -0.25) is 0 Å². The average Bonchev–Trinajstić information content (AvgIpc) is 2.13. The predicted octanol–water partition coefficient (Wildman–Crippen LogP) is 2.41. The molecule has 0 aromatic carbocycles. The second-order valence-electron chi connectivity index (χ2n) is 3.25. The van der Waals surface area contributed by atoms with Crippen molar-refractivity contribution in [2.45, 2.75) is 25.4 Å². The molecule has 0 fully saturated rings. The summed E-state index contributed by atoms with van der Waals surface area (Å²) in [5, 5.41) is 0. The van der Waals surface area contributed by atoms with Gasteiger partial charge in [-0.2, -0.15) is 31.3 Å². The second kappa shape index (κ2) is 4.50. The molecule has 0 saturated heterocycles. The van der Waals surface area contributed by atoms with E-state index in [1.54, 1.807) is 0 Å². The minimum absolute atomic E-state index is 0.249. The van der Waals surface area contributed by atoms with E-state index in [-0.39, 0.29) is 6.07 Å². The summed E-state index contributed by atoms with van der Waals surface area (Å²) < 4.78 is 77.6. The van der Waals surface area contributed by atoms with Crippen LogP contribution in [-0.4, -0.2) is 22.2 Å². The van der Waals surface area contributed by atoms with E-state index < -0.39 is 36.0 Å². The molecule has 0 aliphatic heterocycles. The molecular formula is C8H7F6N3O. The first-order valence-corrected chi connectivity index (χ1v) is 4.45. The van der Waals surface area contributed by atoms with Crippen LogP contribution in [-0.2, 0) is 6.18 Å². The first-order chi connectivity index (χ1) is 8.00. The van der Waals surface area contributed by atoms with Crippen molar-refractivity contribution in [2.75, 3.05) is 5.73 Å². The summed E-state index contributed by atoms with van der Waals surface area (Å²) in [6, 6.07) is 0.249. The van der Waals surface area contributed by atoms with Crippen LogP contribution in [0.15, 0.2) is 6.07 Å². The Morgan fingerprint density at radius 1 is 1.17 bits per heavy atom. The molecule has 2 N–H and O–H groups in total. The van der Waals surface area contributed by atoms with Crippen LogP contribution < -0.4 is 10.5 Å². The number of halogens is 6. The third-order valence-corrected chi connectivity index (χ3v) is 1.77. The zero-order chi connectivity index (χ0) is 14.1. The molecule has 0 spiro atoms. The lowest BCUT2D eigenvalue weighted by molar-refractivity contribution is -0.190. The molecule has 0 amide bonds. The average molecular weight is 275 g/mol. The summed E-state index contributed by atoms with van der Waals surface area (Å²) in [6.07, 6.45) is -11.9. The molecule has 0 radical (unpaired) electrons. The van der Waals surface area contributed by atoms with E-state index in [4.69, 9.17) is 5.73 Å². The fraction of sp³-hybridized carbons (Fsp3) is 0.500. The van der Waals surface area contributed by atoms with Gasteiger partial charge in [-0.15, -0.1) is 0 Å². The molecule has 18 heavy (non-hydrogen) atoms. The summed E-state index contributed by atoms with van der Waals surface area (Å²) >= 11 is 0. The normalized spacial score (nSPS) is 14.4. The molecule has 0 bridgehead atoms. The summed E-state index contributed by atoms with van der Waals surface area (Å²) in [7, 11) is 0. The maximum absolute atomic E-state index is 12.3. The van der Waals surface area contributed by atoms with Gasteiger partial charge in [-0.25, -0.2) is 4.98 Å². The van der Waals surface area contributed by atoms with Gasteiger partial charge in [0.15, 0.2) is 11.8 Å². The van der Waals surface area contributed by atoms with Gasteiger partial charge in [0.1, 0.15) is 0 Å². The Morgan fingerprint density at radius 2 is 1.72 bits per heavy atom. The topological polar surface area (TPSA) is 61.0 Å². The third-order valence-electron chi connectivity index (χ3n) is 1.77. The summed E-state index contributed by atoms with van der Waals surface area (Å²) in [5.41, 5.74) is 3.48. The Kier molecular flexibility index (Phi) is 3.58. The predicted molar refractivity (Wildman–Crippen MR) is 47.6 cm³/mol. The Bertz CT molecular complexity index is 430. The van der Waals surface area contributed by atoms with E-state index in [9.17, 15) is 26.3 Å². The van der Waals surface area contributed by atoms with Gasteiger partial charge >= 0.3 is 12.4 Å². The molecule has 0 aliphatic carbocycles. The molecule has 4 nitrogen and oxygen atoms in total. The third kappa shape index (κ3) is 3.64. The van der Waals surface area contributed by atoms with Crippen LogP contribution in [0, 0.1) is 0 Å². The van der Waals surface area contributed by atoms with Crippen LogP contribution in [0.2, 0.25) is 0 Å². The number of alkyl halides is 6. The van der Waals surface area contributed by atoms with Gasteiger partial charge in [0.2, 0.25) is 11.8 Å². The Balaban J connectivity index is 3.01. The molecule has 10 heteroatoms. The molecule has 1 aromatic heterocycles. The molecule has 0 aliphatic rings. The van der Waals surface area contributed by atoms with Crippen molar-refractivity contribution in [2.24, 2.45) is 0 Å². The van der Waals surface area contributed by atoms with Gasteiger partial charge in [-0.05, 0) is 6.92 Å². The monoisotopic (exact) mass is 275 g/mol. The Labute approximate surface area is 96.8 Å². The lowest BCUT2D eigenvalue weighted by atomic mass is 10.3. The number of nitrogens with two attached hydrogens (primary N) is 1. The number of nitrogens with zero attached hydrogens (tertiary/aromatic N) is 2. The highest BCUT2D eigenvalue weighted by molar-refractivity contribution is 5.27. The number of hydrogen-bond donors (Lipinski definition) is 1. The quantitative estimate of drug-likeness (QED) is 0.842. The number of anilines is 1. The van der Waals surface area contributed by atoms with Crippen molar-refractivity contribution >= 4 is 5.95 Å². The number of nitrogen functional groups attached to an aromatic ring is 1. The van der Waals surface area contributed by atoms with E-state index in [2.05, 4.69) is 14.7 Å². The van der Waals surface area contributed by atoms with Gasteiger partial charge in [0.25, 0.3) is 0 Å². The summed E-state index contributed by atoms with van der Waals surface area (Å²) in [6.45, 7) is 0.631. The molecule has 102 valence electrons. The second-order valence-corrected chi connectivity index (χ2v) is 3.25. The number of ether oxygens (including phenoxy) is 1. The van der Waals surface area contributed by atoms with E-state index >= 15 is 0 Å². The van der Waals surface area contributed by atoms with Crippen molar-refractivity contribution in [3.05, 3.63) is 11.8 Å². The molecule has 1 heterocycles. The number of hydrogen-bond acceptors (Lipinski definition) is 4. The summed E-state index contributed by atoms with van der Waals surface area (Å²) in [4.78, 5) is 6.00. The van der Waals surface area contributed by atoms with Gasteiger partial charge < -0.3 is 10.5 Å². The van der Waals surface area contributed by atoms with E-state index in [0.717, 1.165) is 0 Å². The summed E-state index contributed by atoms with van der Waals surface area (Å²) in [5.74, 6) is -1.71. The minimum atomic E-state index is -4.85. The highest BCUT2D eigenvalue weighted by atomic mass is 19.4. The number of aromatic nitrogens is 2. The maximum Gasteiger partial charge on any atom is 0.433 e. The lowest BCUT2D eigenvalue weighted by Gasteiger charge is -2.17. The molecule has 1 unspecified atom stereocenters. The van der Waals surface area contributed by atoms with Crippen molar-refractivity contribution < 1.29 is 31.1 Å². The van der Waals surface area contributed by atoms with Crippen LogP contribution in [0.5, 0.6) is 5.88 Å². The van der Waals surface area contributed by atoms with Crippen LogP contribution >= 0.6 is 0 Å². The fourth-order valence-corrected chi connectivity index (χ4v) is 0.896. The minimum Gasteiger partial charge on any atom is -0.465 e. The Hall–Kier alpha value is -1.74. The van der Waals surface area contributed by atoms with E-state index in [1.165, 1.54) is 0 Å². The SMILES string of the molecule is CC(Oc1cc(C(F)(F)F)nc(N)n1)C(F)(F)F. The van der Waals surface area contributed by atoms with Crippen LogP contribution in [0.3, 0.4) is 0 Å². The molecular weight excluding hydrogens is 268 g/mol. The smallest absolute Gasteiger partial charge is 0.433 e. The molecule has 0 saturated carbocycles. The van der Waals surface area contributed by atoms with Crippen LogP contribution in [0.25, 0.3) is 0 Å². The van der Waals surface area contributed by atoms with Crippen LogP contribution in [0.4, 0.5) is 32.3 Å². The molecule has 1 atom stereocenters. The van der Waals surface area contributed by atoms with E-state index in [1.807, 2.05) is 0 Å². The first kappa shape index (κ1) is 14.3. The van der Waals surface area contributed by atoms with Crippen LogP contribution in [0.1, 0.15) is 12.6 Å². The lowest BCUT2D eigenvalue weighted by Crippen LogP contribution is -2.31. The first-order valence-electron chi connectivity index (χ1n) is 4.45. The molecule has 1 aromatic rings. The largest absolute Gasteiger partial charge is 0.465 e. The standard InChI is InChI=1S/C8H7F6N3O/c1-3(7(9,10)11)18-5-2-4(8(12,13)14)16-6(15)17-5/h2-3H,1H3,(H2,15,16,17). The van der Waals surface area contributed by atoms with E-state index in [0.29, 0.717) is 6.92 Å². The highest BCUT2D eigenvalue weighted by Gasteiger charge is 2.39. The maximum atomic E-state index is 12.3.